The molecule has 0 atom stereocenters. The Kier molecular flexibility index (Phi) is 7.33. The first-order chi connectivity index (χ1) is 15.7. The summed E-state index contributed by atoms with van der Waals surface area (Å²) in [6.45, 7) is 4.57. The number of carbonyl (C=O) groups is 2. The van der Waals surface area contributed by atoms with Gasteiger partial charge < -0.3 is 24.6 Å². The second-order valence-electron chi connectivity index (χ2n) is 9.25. The molecular formula is C25H35N5O4. The first-order valence-electron chi connectivity index (χ1n) is 11.2. The van der Waals surface area contributed by atoms with Crippen molar-refractivity contribution in [3.8, 4) is 5.75 Å². The second kappa shape index (κ2) is 9.87. The molecule has 1 aliphatic carbocycles. The molecule has 0 unspecified atom stereocenters. The van der Waals surface area contributed by atoms with Crippen molar-refractivity contribution in [2.24, 2.45) is 5.41 Å². The molecule has 4 rings (SSSR count). The number of fused-ring (bicyclic) bond motifs is 1. The van der Waals surface area contributed by atoms with E-state index in [4.69, 9.17) is 14.5 Å². The number of hydrogen-bond acceptors (Lipinski definition) is 8. The Morgan fingerprint density at radius 3 is 2.56 bits per heavy atom. The number of aromatic nitrogens is 2. The Hall–Kier alpha value is -3.36. The number of esters is 1. The maximum absolute atomic E-state index is 13.1. The minimum atomic E-state index is -0.543. The van der Waals surface area contributed by atoms with Crippen molar-refractivity contribution in [2.75, 3.05) is 42.9 Å². The summed E-state index contributed by atoms with van der Waals surface area (Å²) in [7, 11) is 4.65. The summed E-state index contributed by atoms with van der Waals surface area (Å²) < 4.78 is 10.2. The highest BCUT2D eigenvalue weighted by Crippen LogP contribution is 2.40. The van der Waals surface area contributed by atoms with Crippen molar-refractivity contribution in [2.45, 2.75) is 53.0 Å². The number of nitrogens with one attached hydrogen (secondary N) is 1. The molecule has 0 saturated heterocycles. The number of benzene rings is 1. The maximum Gasteiger partial charge on any atom is 0.337 e. The van der Waals surface area contributed by atoms with Crippen LogP contribution in [0.1, 0.15) is 57.3 Å². The van der Waals surface area contributed by atoms with Gasteiger partial charge in [-0.2, -0.15) is 4.98 Å². The van der Waals surface area contributed by atoms with Gasteiger partial charge in [0.1, 0.15) is 11.4 Å². The highest BCUT2D eigenvalue weighted by molar-refractivity contribution is 6.01. The summed E-state index contributed by atoms with van der Waals surface area (Å²) in [4.78, 5) is 38.3. The number of methoxy groups -OCH3 is 2. The van der Waals surface area contributed by atoms with Crippen LogP contribution in [-0.2, 0) is 9.53 Å². The summed E-state index contributed by atoms with van der Waals surface area (Å²) >= 11 is 0. The lowest BCUT2D eigenvalue weighted by Crippen LogP contribution is -2.45. The van der Waals surface area contributed by atoms with E-state index in [9.17, 15) is 9.59 Å². The van der Waals surface area contributed by atoms with Crippen molar-refractivity contribution in [3.05, 3.63) is 30.0 Å². The van der Waals surface area contributed by atoms with E-state index in [2.05, 4.69) is 15.2 Å². The van der Waals surface area contributed by atoms with Crippen LogP contribution in [0.3, 0.4) is 0 Å². The second-order valence-corrected chi connectivity index (χ2v) is 9.25. The average Bonchev–Trinajstić information content (AvgIpc) is 3.34. The molecule has 0 spiro atoms. The summed E-state index contributed by atoms with van der Waals surface area (Å²) in [5.74, 6) is 1.22. The molecule has 184 valence electrons. The molecule has 0 bridgehead atoms. The monoisotopic (exact) mass is 469 g/mol. The molecule has 9 nitrogen and oxygen atoms in total. The Morgan fingerprint density at radius 1 is 1.21 bits per heavy atom. The van der Waals surface area contributed by atoms with Gasteiger partial charge >= 0.3 is 5.97 Å². The molecule has 2 aromatic rings. The van der Waals surface area contributed by atoms with Crippen LogP contribution in [0, 0.1) is 5.41 Å². The molecule has 1 saturated carbocycles. The van der Waals surface area contributed by atoms with E-state index < -0.39 is 11.4 Å². The summed E-state index contributed by atoms with van der Waals surface area (Å²) in [6, 6.07) is 5.34. The third-order valence-corrected chi connectivity index (χ3v) is 6.47. The largest absolute Gasteiger partial charge is 0.495 e. The molecule has 1 aromatic heterocycles. The van der Waals surface area contributed by atoms with Crippen LogP contribution in [0.5, 0.6) is 5.75 Å². The van der Waals surface area contributed by atoms with Crippen molar-refractivity contribution in [1.29, 1.82) is 0 Å². The minimum Gasteiger partial charge on any atom is -0.495 e. The zero-order valence-corrected chi connectivity index (χ0v) is 19.8. The molecule has 1 aliphatic heterocycles. The van der Waals surface area contributed by atoms with Gasteiger partial charge in [0.15, 0.2) is 5.82 Å². The molecule has 1 fully saturated rings. The van der Waals surface area contributed by atoms with Crippen molar-refractivity contribution in [3.63, 3.8) is 0 Å². The smallest absolute Gasteiger partial charge is 0.337 e. The van der Waals surface area contributed by atoms with E-state index >= 15 is 0 Å². The summed E-state index contributed by atoms with van der Waals surface area (Å²) in [6.07, 6.45) is 6.23. The van der Waals surface area contributed by atoms with Gasteiger partial charge in [0.2, 0.25) is 11.9 Å². The van der Waals surface area contributed by atoms with Gasteiger partial charge in [0.05, 0.1) is 37.1 Å². The van der Waals surface area contributed by atoms with Crippen LogP contribution in [-0.4, -0.2) is 55.7 Å². The number of amides is 1. The molecule has 2 aliphatic rings. The normalized spacial score (nSPS) is 17.5. The van der Waals surface area contributed by atoms with Gasteiger partial charge in [-0.3, -0.25) is 4.79 Å². The summed E-state index contributed by atoms with van der Waals surface area (Å²) in [5.41, 5.74) is 1.17. The van der Waals surface area contributed by atoms with Crippen LogP contribution >= 0.6 is 0 Å². The molecule has 2 heterocycles. The van der Waals surface area contributed by atoms with Gasteiger partial charge in [0, 0.05) is 19.6 Å². The van der Waals surface area contributed by atoms with Crippen molar-refractivity contribution in [1.82, 2.24) is 9.97 Å². The molecule has 1 N–H and O–H groups in total. The number of nitrogens with zero attached hydrogens (tertiary/aromatic N) is 4. The minimum absolute atomic E-state index is 0. The molecule has 1 aromatic carbocycles. The lowest BCUT2D eigenvalue weighted by molar-refractivity contribution is -0.125. The van der Waals surface area contributed by atoms with Crippen molar-refractivity contribution >= 4 is 35.0 Å². The van der Waals surface area contributed by atoms with Crippen molar-refractivity contribution < 1.29 is 19.1 Å². The lowest BCUT2D eigenvalue weighted by atomic mass is 9.91. The van der Waals surface area contributed by atoms with E-state index in [1.807, 2.05) is 13.8 Å². The Bertz CT molecular complexity index is 1070. The van der Waals surface area contributed by atoms with Crippen LogP contribution in [0.4, 0.5) is 23.1 Å². The maximum atomic E-state index is 13.1. The topological polar surface area (TPSA) is 96.9 Å². The van der Waals surface area contributed by atoms with Crippen LogP contribution in [0.15, 0.2) is 24.4 Å². The van der Waals surface area contributed by atoms with Crippen LogP contribution in [0.25, 0.3) is 0 Å². The Labute approximate surface area is 201 Å². The summed E-state index contributed by atoms with van der Waals surface area (Å²) in [5, 5.41) is 3.21. The zero-order valence-electron chi connectivity index (χ0n) is 19.8. The fourth-order valence-corrected chi connectivity index (χ4v) is 4.68. The number of carbonyl (C=O) groups excluding carboxylic acids is 2. The first-order valence-corrected chi connectivity index (χ1v) is 11.2. The third kappa shape index (κ3) is 4.64. The number of hydrogen-bond donors (Lipinski definition) is 1. The predicted molar refractivity (Wildman–Crippen MR) is 133 cm³/mol. The average molecular weight is 470 g/mol. The number of ether oxygens (including phenoxy) is 2. The number of rotatable bonds is 5. The third-order valence-electron chi connectivity index (χ3n) is 6.47. The Morgan fingerprint density at radius 2 is 1.91 bits per heavy atom. The van der Waals surface area contributed by atoms with Gasteiger partial charge in [-0.05, 0) is 44.9 Å². The van der Waals surface area contributed by atoms with E-state index in [0.717, 1.165) is 18.7 Å². The van der Waals surface area contributed by atoms with Gasteiger partial charge in [-0.25, -0.2) is 9.78 Å². The van der Waals surface area contributed by atoms with Gasteiger partial charge in [0.25, 0.3) is 0 Å². The Balaban J connectivity index is 0.00000324. The van der Waals surface area contributed by atoms with Crippen LogP contribution < -0.4 is 19.9 Å². The molecule has 9 heteroatoms. The fourth-order valence-electron chi connectivity index (χ4n) is 4.68. The lowest BCUT2D eigenvalue weighted by Gasteiger charge is -2.34. The number of anilines is 4. The molecule has 0 radical (unpaired) electrons. The molecular weight excluding hydrogens is 434 g/mol. The fraction of sp³-hybridized carbons (Fsp3) is 0.520. The van der Waals surface area contributed by atoms with E-state index in [1.54, 1.807) is 36.3 Å². The highest BCUT2D eigenvalue weighted by Gasteiger charge is 2.41. The van der Waals surface area contributed by atoms with E-state index in [-0.39, 0.29) is 13.3 Å². The standard InChI is InChI=1S/C24H31N5O4.CH4/c1-24(2)14-29(16-8-6-7-9-16)20-18(28(3)22(24)31)13-25-23(27-20)26-17-11-10-15(21(30)33-5)12-19(17)32-4;/h10-13,16H,6-9,14H2,1-5H3,(H,25,26,27);1H4. The SMILES string of the molecule is C.COC(=O)c1ccc(Nc2ncc3c(n2)N(C2CCCC2)CC(C)(C)C(=O)N3C)c(OC)c1. The van der Waals surface area contributed by atoms with E-state index in [1.165, 1.54) is 27.1 Å². The first kappa shape index (κ1) is 25.3. The highest BCUT2D eigenvalue weighted by atomic mass is 16.5. The predicted octanol–water partition coefficient (Wildman–Crippen LogP) is 4.40. The van der Waals surface area contributed by atoms with Gasteiger partial charge in [-0.1, -0.05) is 20.3 Å². The van der Waals surface area contributed by atoms with Crippen LogP contribution in [0.2, 0.25) is 0 Å². The van der Waals surface area contributed by atoms with Gasteiger partial charge in [-0.15, -0.1) is 0 Å². The zero-order chi connectivity index (χ0) is 23.8. The molecule has 1 amide bonds. The molecule has 34 heavy (non-hydrogen) atoms. The quantitative estimate of drug-likeness (QED) is 0.644. The van der Waals surface area contributed by atoms with E-state index in [0.29, 0.717) is 41.2 Å².